The van der Waals surface area contributed by atoms with E-state index in [4.69, 9.17) is 21.1 Å². The van der Waals surface area contributed by atoms with Crippen LogP contribution in [0.1, 0.15) is 59.3 Å². The second-order valence-corrected chi connectivity index (χ2v) is 8.95. The summed E-state index contributed by atoms with van der Waals surface area (Å²) in [5, 5.41) is 0.349. The molecule has 0 amide bonds. The second-order valence-electron chi connectivity index (χ2n) is 8.39. The predicted molar refractivity (Wildman–Crippen MR) is 86.8 cm³/mol. The van der Waals surface area contributed by atoms with Gasteiger partial charge in [0.05, 0.1) is 12.2 Å². The van der Waals surface area contributed by atoms with E-state index in [9.17, 15) is 0 Å². The van der Waals surface area contributed by atoms with Gasteiger partial charge in [0.25, 0.3) is 0 Å². The van der Waals surface area contributed by atoms with Gasteiger partial charge < -0.3 is 9.47 Å². The molecular formula is C18H31ClO2. The molecule has 0 aromatic heterocycles. The van der Waals surface area contributed by atoms with E-state index in [2.05, 4.69) is 20.8 Å². The van der Waals surface area contributed by atoms with E-state index in [-0.39, 0.29) is 5.60 Å². The fourth-order valence-corrected chi connectivity index (χ4v) is 5.73. The van der Waals surface area contributed by atoms with Gasteiger partial charge in [-0.15, -0.1) is 11.6 Å². The van der Waals surface area contributed by atoms with Crippen LogP contribution in [0.15, 0.2) is 0 Å². The minimum Gasteiger partial charge on any atom is -0.378 e. The van der Waals surface area contributed by atoms with Crippen molar-refractivity contribution in [3.8, 4) is 0 Å². The molecule has 0 bridgehead atoms. The molecule has 1 aliphatic carbocycles. The fourth-order valence-electron chi connectivity index (χ4n) is 4.98. The van der Waals surface area contributed by atoms with Crippen LogP contribution in [-0.4, -0.2) is 30.8 Å². The SMILES string of the molecule is CC1CCC(C(C)(C)C2CCOC3(CCOC3)C2)C(Cl)C1. The zero-order valence-electron chi connectivity index (χ0n) is 13.9. The van der Waals surface area contributed by atoms with Crippen LogP contribution in [0.4, 0.5) is 0 Å². The van der Waals surface area contributed by atoms with E-state index >= 15 is 0 Å². The Balaban J connectivity index is 1.71. The molecule has 2 aliphatic heterocycles. The predicted octanol–water partition coefficient (Wildman–Crippen LogP) is 4.64. The smallest absolute Gasteiger partial charge is 0.0939 e. The van der Waals surface area contributed by atoms with Gasteiger partial charge in [0.1, 0.15) is 0 Å². The topological polar surface area (TPSA) is 18.5 Å². The summed E-state index contributed by atoms with van der Waals surface area (Å²) < 4.78 is 11.8. The van der Waals surface area contributed by atoms with Crippen molar-refractivity contribution in [1.29, 1.82) is 0 Å². The monoisotopic (exact) mass is 314 g/mol. The quantitative estimate of drug-likeness (QED) is 0.691. The van der Waals surface area contributed by atoms with Gasteiger partial charge >= 0.3 is 0 Å². The molecule has 122 valence electrons. The second kappa shape index (κ2) is 6.02. The first-order chi connectivity index (χ1) is 9.93. The molecule has 3 rings (SSSR count). The summed E-state index contributed by atoms with van der Waals surface area (Å²) in [4.78, 5) is 0. The van der Waals surface area contributed by atoms with Crippen LogP contribution in [0.25, 0.3) is 0 Å². The van der Waals surface area contributed by atoms with E-state index in [1.807, 2.05) is 0 Å². The first-order valence-corrected chi connectivity index (χ1v) is 9.22. The van der Waals surface area contributed by atoms with Gasteiger partial charge in [-0.1, -0.05) is 27.2 Å². The summed E-state index contributed by atoms with van der Waals surface area (Å²) >= 11 is 6.78. The summed E-state index contributed by atoms with van der Waals surface area (Å²) in [5.74, 6) is 2.16. The van der Waals surface area contributed by atoms with Crippen molar-refractivity contribution in [2.24, 2.45) is 23.2 Å². The third-order valence-corrected chi connectivity index (χ3v) is 7.08. The lowest BCUT2D eigenvalue weighted by molar-refractivity contribution is -0.125. The molecular weight excluding hydrogens is 284 g/mol. The molecule has 0 radical (unpaired) electrons. The van der Waals surface area contributed by atoms with Gasteiger partial charge in [0.2, 0.25) is 0 Å². The summed E-state index contributed by atoms with van der Waals surface area (Å²) in [6.45, 7) is 9.83. The average Bonchev–Trinajstić information content (AvgIpc) is 2.86. The van der Waals surface area contributed by atoms with Crippen LogP contribution in [0.3, 0.4) is 0 Å². The highest BCUT2D eigenvalue weighted by molar-refractivity contribution is 6.20. The normalized spacial score (nSPS) is 45.1. The molecule has 1 spiro atoms. The molecule has 0 aromatic carbocycles. The van der Waals surface area contributed by atoms with Crippen molar-refractivity contribution < 1.29 is 9.47 Å². The van der Waals surface area contributed by atoms with E-state index in [1.165, 1.54) is 25.7 Å². The third-order valence-electron chi connectivity index (χ3n) is 6.60. The van der Waals surface area contributed by atoms with E-state index in [1.54, 1.807) is 0 Å². The van der Waals surface area contributed by atoms with E-state index in [0.29, 0.717) is 22.6 Å². The van der Waals surface area contributed by atoms with Crippen LogP contribution in [0.2, 0.25) is 0 Å². The van der Waals surface area contributed by atoms with Crippen LogP contribution in [0.5, 0.6) is 0 Å². The summed E-state index contributed by atoms with van der Waals surface area (Å²) in [7, 11) is 0. The molecule has 3 aliphatic rings. The van der Waals surface area contributed by atoms with Gasteiger partial charge in [-0.3, -0.25) is 0 Å². The molecule has 0 aromatic rings. The van der Waals surface area contributed by atoms with Crippen molar-refractivity contribution in [2.45, 2.75) is 70.3 Å². The molecule has 2 heterocycles. The molecule has 1 saturated carbocycles. The van der Waals surface area contributed by atoms with Crippen LogP contribution in [-0.2, 0) is 9.47 Å². The minimum atomic E-state index is 0.0178. The average molecular weight is 315 g/mol. The highest BCUT2D eigenvalue weighted by Crippen LogP contribution is 2.52. The Kier molecular flexibility index (Phi) is 4.61. The zero-order valence-corrected chi connectivity index (χ0v) is 14.6. The molecule has 5 unspecified atom stereocenters. The molecule has 2 nitrogen and oxygen atoms in total. The Morgan fingerprint density at radius 1 is 1.14 bits per heavy atom. The molecule has 5 atom stereocenters. The lowest BCUT2D eigenvalue weighted by Gasteiger charge is -2.50. The van der Waals surface area contributed by atoms with Gasteiger partial charge in [0.15, 0.2) is 0 Å². The summed E-state index contributed by atoms with van der Waals surface area (Å²) in [6.07, 6.45) is 7.25. The number of alkyl halides is 1. The van der Waals surface area contributed by atoms with E-state index < -0.39 is 0 Å². The molecule has 2 saturated heterocycles. The molecule has 3 fully saturated rings. The van der Waals surface area contributed by atoms with Crippen LogP contribution in [0, 0.1) is 23.2 Å². The number of halogens is 1. The maximum Gasteiger partial charge on any atom is 0.0939 e. The Morgan fingerprint density at radius 3 is 2.62 bits per heavy atom. The van der Waals surface area contributed by atoms with Crippen LogP contribution < -0.4 is 0 Å². The first-order valence-electron chi connectivity index (χ1n) is 8.79. The van der Waals surface area contributed by atoms with Gasteiger partial charge in [-0.2, -0.15) is 0 Å². The maximum absolute atomic E-state index is 6.78. The number of ether oxygens (including phenoxy) is 2. The molecule has 3 heteroatoms. The Labute approximate surface area is 134 Å². The third kappa shape index (κ3) is 3.14. The highest BCUT2D eigenvalue weighted by Gasteiger charge is 2.49. The standard InChI is InChI=1S/C18H31ClO2/c1-13-4-5-15(16(19)10-13)17(2,3)14-6-8-21-18(11-14)7-9-20-12-18/h13-16H,4-12H2,1-3H3. The molecule has 0 N–H and O–H groups in total. The van der Waals surface area contributed by atoms with Crippen molar-refractivity contribution >= 4 is 11.6 Å². The van der Waals surface area contributed by atoms with Gasteiger partial charge in [-0.05, 0) is 48.9 Å². The lowest BCUT2D eigenvalue weighted by atomic mass is 9.59. The van der Waals surface area contributed by atoms with Crippen molar-refractivity contribution in [2.75, 3.05) is 19.8 Å². The van der Waals surface area contributed by atoms with E-state index in [0.717, 1.165) is 38.6 Å². The van der Waals surface area contributed by atoms with Gasteiger partial charge in [0, 0.05) is 25.0 Å². The lowest BCUT2D eigenvalue weighted by Crippen LogP contribution is -2.48. The Morgan fingerprint density at radius 2 is 1.95 bits per heavy atom. The van der Waals surface area contributed by atoms with Gasteiger partial charge in [-0.25, -0.2) is 0 Å². The minimum absolute atomic E-state index is 0.0178. The summed E-state index contributed by atoms with van der Waals surface area (Å²) in [6, 6.07) is 0. The zero-order chi connectivity index (χ0) is 15.1. The summed E-state index contributed by atoms with van der Waals surface area (Å²) in [5.41, 5.74) is 0.329. The van der Waals surface area contributed by atoms with Crippen molar-refractivity contribution in [3.05, 3.63) is 0 Å². The van der Waals surface area contributed by atoms with Crippen molar-refractivity contribution in [1.82, 2.24) is 0 Å². The Hall–Kier alpha value is 0.210. The Bertz CT molecular complexity index is 362. The number of rotatable bonds is 2. The largest absolute Gasteiger partial charge is 0.378 e. The maximum atomic E-state index is 6.78. The molecule has 21 heavy (non-hydrogen) atoms. The number of hydrogen-bond donors (Lipinski definition) is 0. The first kappa shape index (κ1) is 16.1. The van der Waals surface area contributed by atoms with Crippen LogP contribution >= 0.6 is 11.6 Å². The fraction of sp³-hybridized carbons (Fsp3) is 1.00. The highest BCUT2D eigenvalue weighted by atomic mass is 35.5. The number of hydrogen-bond acceptors (Lipinski definition) is 2. The van der Waals surface area contributed by atoms with Crippen molar-refractivity contribution in [3.63, 3.8) is 0 Å².